The molecule has 1 aliphatic rings. The van der Waals surface area contributed by atoms with Crippen LogP contribution in [0.1, 0.15) is 5.56 Å². The minimum Gasteiger partial charge on any atom is -0.489 e. The molecule has 0 N–H and O–H groups in total. The molecule has 0 atom stereocenters. The van der Waals surface area contributed by atoms with Crippen LogP contribution in [0.3, 0.4) is 0 Å². The van der Waals surface area contributed by atoms with E-state index in [0.29, 0.717) is 6.61 Å². The summed E-state index contributed by atoms with van der Waals surface area (Å²) in [6.07, 6.45) is 8.07. The fourth-order valence-corrected chi connectivity index (χ4v) is 3.30. The van der Waals surface area contributed by atoms with Crippen LogP contribution >= 0.6 is 0 Å². The lowest BCUT2D eigenvalue weighted by atomic mass is 9.89. The van der Waals surface area contributed by atoms with Gasteiger partial charge in [0.15, 0.2) is 0 Å². The Kier molecular flexibility index (Phi) is 4.53. The number of benzene rings is 3. The van der Waals surface area contributed by atoms with Gasteiger partial charge in [-0.25, -0.2) is 0 Å². The second kappa shape index (κ2) is 7.28. The summed E-state index contributed by atoms with van der Waals surface area (Å²) >= 11 is 0. The highest BCUT2D eigenvalue weighted by Crippen LogP contribution is 2.39. The third kappa shape index (κ3) is 3.12. The van der Waals surface area contributed by atoms with Gasteiger partial charge in [0.25, 0.3) is 0 Å². The van der Waals surface area contributed by atoms with E-state index < -0.39 is 0 Å². The third-order valence-corrected chi connectivity index (χ3v) is 4.55. The van der Waals surface area contributed by atoms with E-state index in [0.717, 1.165) is 28.0 Å². The molecule has 1 heterocycles. The van der Waals surface area contributed by atoms with Crippen LogP contribution in [0.5, 0.6) is 5.75 Å². The summed E-state index contributed by atoms with van der Waals surface area (Å²) in [5, 5.41) is 0. The predicted octanol–water partition coefficient (Wildman–Crippen LogP) is 6.54. The number of hydrogen-bond acceptors (Lipinski definition) is 1. The van der Waals surface area contributed by atoms with Crippen molar-refractivity contribution >= 4 is 5.57 Å². The first-order chi connectivity index (χ1) is 12.8. The van der Waals surface area contributed by atoms with E-state index in [1.54, 1.807) is 0 Å². The number of hydrogen-bond donors (Lipinski definition) is 0. The molecule has 0 saturated heterocycles. The highest BCUT2D eigenvalue weighted by atomic mass is 16.5. The lowest BCUT2D eigenvalue weighted by molar-refractivity contribution is 0.364. The highest BCUT2D eigenvalue weighted by molar-refractivity contribution is 5.92. The lowest BCUT2D eigenvalue weighted by Crippen LogP contribution is -1.96. The van der Waals surface area contributed by atoms with Crippen molar-refractivity contribution in [1.82, 2.24) is 0 Å². The van der Waals surface area contributed by atoms with Gasteiger partial charge in [-0.05, 0) is 40.0 Å². The molecule has 4 rings (SSSR count). The summed E-state index contributed by atoms with van der Waals surface area (Å²) < 4.78 is 6.03. The normalized spacial score (nSPS) is 15.8. The van der Waals surface area contributed by atoms with Gasteiger partial charge in [0.1, 0.15) is 12.4 Å². The number of ether oxygens (including phenoxy) is 1. The molecule has 0 aromatic heterocycles. The van der Waals surface area contributed by atoms with E-state index >= 15 is 0 Å². The Balaban J connectivity index is 2.01. The molecule has 0 bridgehead atoms. The van der Waals surface area contributed by atoms with Crippen LogP contribution in [0.4, 0.5) is 0 Å². The Bertz CT molecular complexity index is 1010. The van der Waals surface area contributed by atoms with E-state index in [1.165, 1.54) is 11.1 Å². The average molecular weight is 336 g/mol. The number of rotatable bonds is 0. The van der Waals surface area contributed by atoms with Crippen LogP contribution < -0.4 is 4.74 Å². The Morgan fingerprint density at radius 3 is 1.88 bits per heavy atom. The zero-order valence-electron chi connectivity index (χ0n) is 14.6. The van der Waals surface area contributed by atoms with Crippen molar-refractivity contribution in [3.63, 3.8) is 0 Å². The smallest absolute Gasteiger partial charge is 0.127 e. The van der Waals surface area contributed by atoms with E-state index in [9.17, 15) is 0 Å². The molecular formula is C25H20O. The van der Waals surface area contributed by atoms with Crippen molar-refractivity contribution in [2.24, 2.45) is 0 Å². The lowest BCUT2D eigenvalue weighted by Gasteiger charge is -2.16. The van der Waals surface area contributed by atoms with Crippen LogP contribution in [0.15, 0.2) is 104 Å². The molecule has 1 aliphatic heterocycles. The molecule has 26 heavy (non-hydrogen) atoms. The van der Waals surface area contributed by atoms with Gasteiger partial charge in [0.2, 0.25) is 0 Å². The maximum Gasteiger partial charge on any atom is 0.127 e. The Morgan fingerprint density at radius 2 is 1.15 bits per heavy atom. The van der Waals surface area contributed by atoms with Gasteiger partial charge in [-0.2, -0.15) is 0 Å². The molecule has 3 aromatic carbocycles. The van der Waals surface area contributed by atoms with Crippen molar-refractivity contribution in [2.75, 3.05) is 6.61 Å². The first kappa shape index (κ1) is 16.2. The molecular weight excluding hydrogens is 316 g/mol. The van der Waals surface area contributed by atoms with Gasteiger partial charge < -0.3 is 4.74 Å². The Morgan fingerprint density at radius 1 is 0.615 bits per heavy atom. The molecule has 0 amide bonds. The number of allylic oxidation sites excluding steroid dienone is 4. The van der Waals surface area contributed by atoms with Crippen molar-refractivity contribution in [2.45, 2.75) is 0 Å². The van der Waals surface area contributed by atoms with Gasteiger partial charge >= 0.3 is 0 Å². The summed E-state index contributed by atoms with van der Waals surface area (Å²) in [5.41, 5.74) is 6.76. The second-order valence-corrected chi connectivity index (χ2v) is 6.21. The Hall–Kier alpha value is -3.32. The quantitative estimate of drug-likeness (QED) is 0.453. The molecule has 1 nitrogen and oxygen atoms in total. The molecule has 0 spiro atoms. The largest absolute Gasteiger partial charge is 0.489 e. The second-order valence-electron chi connectivity index (χ2n) is 6.21. The molecule has 0 saturated carbocycles. The van der Waals surface area contributed by atoms with Crippen molar-refractivity contribution in [1.29, 1.82) is 0 Å². The van der Waals surface area contributed by atoms with Crippen LogP contribution in [0, 0.1) is 0 Å². The summed E-state index contributed by atoms with van der Waals surface area (Å²) in [5.74, 6) is 0.893. The fourth-order valence-electron chi connectivity index (χ4n) is 3.30. The van der Waals surface area contributed by atoms with Gasteiger partial charge in [0, 0.05) is 5.56 Å². The minimum absolute atomic E-state index is 0.531. The Labute approximate surface area is 154 Å². The van der Waals surface area contributed by atoms with E-state index in [2.05, 4.69) is 67.2 Å². The van der Waals surface area contributed by atoms with E-state index in [-0.39, 0.29) is 0 Å². The first-order valence-electron chi connectivity index (χ1n) is 8.78. The topological polar surface area (TPSA) is 9.23 Å². The van der Waals surface area contributed by atoms with Crippen molar-refractivity contribution in [3.05, 3.63) is 109 Å². The molecule has 0 radical (unpaired) electrons. The average Bonchev–Trinajstić information content (AvgIpc) is 2.71. The summed E-state index contributed by atoms with van der Waals surface area (Å²) in [4.78, 5) is 0. The fraction of sp³-hybridized carbons (Fsp3) is 0.0400. The SMILES string of the molecule is C=C1/C=C\C=C/COc2ccccc2-c2ccccc2-c2ccccc21. The van der Waals surface area contributed by atoms with Crippen LogP contribution in [0.25, 0.3) is 27.8 Å². The molecule has 0 aliphatic carbocycles. The molecule has 126 valence electrons. The monoisotopic (exact) mass is 336 g/mol. The van der Waals surface area contributed by atoms with Gasteiger partial charge in [-0.3, -0.25) is 0 Å². The van der Waals surface area contributed by atoms with Crippen LogP contribution in [-0.4, -0.2) is 6.61 Å². The minimum atomic E-state index is 0.531. The summed E-state index contributed by atoms with van der Waals surface area (Å²) in [6, 6.07) is 25.1. The zero-order chi connectivity index (χ0) is 17.8. The summed E-state index contributed by atoms with van der Waals surface area (Å²) in [6.45, 7) is 4.80. The predicted molar refractivity (Wildman–Crippen MR) is 110 cm³/mol. The maximum absolute atomic E-state index is 6.03. The first-order valence-corrected chi connectivity index (χ1v) is 8.78. The molecule has 3 aromatic rings. The third-order valence-electron chi connectivity index (χ3n) is 4.55. The maximum atomic E-state index is 6.03. The van der Waals surface area contributed by atoms with Crippen LogP contribution in [-0.2, 0) is 0 Å². The van der Waals surface area contributed by atoms with Crippen molar-refractivity contribution < 1.29 is 4.74 Å². The van der Waals surface area contributed by atoms with Gasteiger partial charge in [0.05, 0.1) is 0 Å². The number of fused-ring (bicyclic) bond motifs is 5. The standard InChI is InChI=1S/C25H20O/c1-19-11-3-2-10-18-26-25-17-9-8-16-24(25)23-15-7-6-14-22(23)21-13-5-4-12-20(19)21/h2-17H,1,18H2/b10-2-,11-3-. The highest BCUT2D eigenvalue weighted by Gasteiger charge is 2.14. The van der Waals surface area contributed by atoms with Crippen LogP contribution in [0.2, 0.25) is 0 Å². The summed E-state index contributed by atoms with van der Waals surface area (Å²) in [7, 11) is 0. The van der Waals surface area contributed by atoms with Gasteiger partial charge in [-0.15, -0.1) is 0 Å². The van der Waals surface area contributed by atoms with Crippen molar-refractivity contribution in [3.8, 4) is 28.0 Å². The molecule has 0 unspecified atom stereocenters. The molecule has 0 fully saturated rings. The number of para-hydroxylation sites is 1. The zero-order valence-corrected chi connectivity index (χ0v) is 14.6. The van der Waals surface area contributed by atoms with E-state index in [1.807, 2.05) is 36.4 Å². The molecule has 1 heteroatoms. The van der Waals surface area contributed by atoms with Gasteiger partial charge in [-0.1, -0.05) is 91.5 Å². The van der Waals surface area contributed by atoms with E-state index in [4.69, 9.17) is 4.74 Å².